The molecule has 2 aromatic rings. The second kappa shape index (κ2) is 7.70. The maximum absolute atomic E-state index is 12.5. The maximum atomic E-state index is 12.5. The van der Waals surface area contributed by atoms with E-state index in [0.717, 1.165) is 16.2 Å². The first kappa shape index (κ1) is 19.2. The van der Waals surface area contributed by atoms with Crippen molar-refractivity contribution in [2.24, 2.45) is 5.92 Å². The number of amides is 4. The van der Waals surface area contributed by atoms with Crippen LogP contribution in [0.5, 0.6) is 0 Å². The van der Waals surface area contributed by atoms with Crippen molar-refractivity contribution in [3.05, 3.63) is 40.4 Å². The highest BCUT2D eigenvalue weighted by molar-refractivity contribution is 7.15. The quantitative estimate of drug-likeness (QED) is 0.761. The number of hydrogen-bond donors (Lipinski definition) is 1. The minimum Gasteiger partial charge on any atom is -0.343 e. The molecule has 0 bridgehead atoms. The van der Waals surface area contributed by atoms with Gasteiger partial charge in [0.15, 0.2) is 0 Å². The van der Waals surface area contributed by atoms with E-state index in [4.69, 9.17) is 0 Å². The molecule has 1 aromatic heterocycles. The van der Waals surface area contributed by atoms with Crippen LogP contribution in [0.1, 0.15) is 45.5 Å². The Morgan fingerprint density at radius 1 is 1.10 bits per heavy atom. The molecule has 1 fully saturated rings. The number of nitrogens with zero attached hydrogens (tertiary/aromatic N) is 4. The van der Waals surface area contributed by atoms with Crippen molar-refractivity contribution in [1.82, 2.24) is 20.0 Å². The zero-order chi connectivity index (χ0) is 20.5. The molecular formula is C19H19N5O4S. The summed E-state index contributed by atoms with van der Waals surface area (Å²) in [4.78, 5) is 51.6. The Morgan fingerprint density at radius 3 is 2.31 bits per heavy atom. The van der Waals surface area contributed by atoms with Crippen LogP contribution in [0.25, 0.3) is 0 Å². The van der Waals surface area contributed by atoms with Crippen molar-refractivity contribution in [2.75, 3.05) is 18.4 Å². The summed E-state index contributed by atoms with van der Waals surface area (Å²) < 4.78 is 0. The highest BCUT2D eigenvalue weighted by Gasteiger charge is 2.35. The first-order valence-electron chi connectivity index (χ1n) is 9.28. The van der Waals surface area contributed by atoms with E-state index in [1.165, 1.54) is 6.92 Å². The molecule has 1 aromatic carbocycles. The number of likely N-dealkylation sites (tertiary alicyclic amines) is 1. The lowest BCUT2D eigenvalue weighted by Gasteiger charge is -2.30. The number of rotatable bonds is 4. The summed E-state index contributed by atoms with van der Waals surface area (Å²) in [5.41, 5.74) is 0.764. The van der Waals surface area contributed by atoms with Crippen LogP contribution in [-0.2, 0) is 16.1 Å². The third kappa shape index (κ3) is 3.75. The van der Waals surface area contributed by atoms with E-state index in [2.05, 4.69) is 15.5 Å². The van der Waals surface area contributed by atoms with Crippen molar-refractivity contribution in [2.45, 2.75) is 26.3 Å². The lowest BCUT2D eigenvalue weighted by atomic mass is 9.96. The molecule has 9 nitrogen and oxygen atoms in total. The van der Waals surface area contributed by atoms with E-state index in [0.29, 0.717) is 47.2 Å². The Balaban J connectivity index is 1.36. The number of aromatic nitrogens is 2. The third-order valence-corrected chi connectivity index (χ3v) is 6.00. The van der Waals surface area contributed by atoms with Crippen LogP contribution in [0.15, 0.2) is 24.3 Å². The number of fused-ring (bicyclic) bond motifs is 1. The number of imide groups is 1. The summed E-state index contributed by atoms with van der Waals surface area (Å²) in [6.45, 7) is 2.66. The van der Waals surface area contributed by atoms with E-state index in [-0.39, 0.29) is 36.1 Å². The van der Waals surface area contributed by atoms with Crippen molar-refractivity contribution in [1.29, 1.82) is 0 Å². The van der Waals surface area contributed by atoms with Crippen LogP contribution in [0.2, 0.25) is 0 Å². The van der Waals surface area contributed by atoms with Gasteiger partial charge < -0.3 is 10.2 Å². The second-order valence-electron chi connectivity index (χ2n) is 7.01. The highest BCUT2D eigenvalue weighted by atomic mass is 32.1. The van der Waals surface area contributed by atoms with E-state index >= 15 is 0 Å². The Bertz CT molecular complexity index is 961. The number of carbonyl (C=O) groups is 4. The molecule has 1 saturated heterocycles. The first-order valence-corrected chi connectivity index (χ1v) is 10.1. The predicted octanol–water partition coefficient (Wildman–Crippen LogP) is 1.53. The fourth-order valence-corrected chi connectivity index (χ4v) is 4.28. The highest BCUT2D eigenvalue weighted by Crippen LogP contribution is 2.26. The lowest BCUT2D eigenvalue weighted by Crippen LogP contribution is -2.40. The molecule has 2 aliphatic heterocycles. The summed E-state index contributed by atoms with van der Waals surface area (Å²) in [6, 6.07) is 6.68. The van der Waals surface area contributed by atoms with Gasteiger partial charge >= 0.3 is 0 Å². The largest absolute Gasteiger partial charge is 0.343 e. The SMILES string of the molecule is CC(=O)N1CCC(C(=O)Nc2nnc(CN3C(=O)c4ccccc4C3=O)s2)CC1. The van der Waals surface area contributed by atoms with E-state index in [1.54, 1.807) is 29.2 Å². The molecule has 2 aliphatic rings. The Labute approximate surface area is 170 Å². The summed E-state index contributed by atoms with van der Waals surface area (Å²) in [5.74, 6) is -1.04. The smallest absolute Gasteiger partial charge is 0.261 e. The molecule has 1 N–H and O–H groups in total. The van der Waals surface area contributed by atoms with Gasteiger partial charge in [0.1, 0.15) is 5.01 Å². The number of nitrogens with one attached hydrogen (secondary N) is 1. The number of anilines is 1. The summed E-state index contributed by atoms with van der Waals surface area (Å²) in [7, 11) is 0. The van der Waals surface area contributed by atoms with Crippen LogP contribution < -0.4 is 5.32 Å². The molecule has 4 rings (SSSR count). The molecule has 0 radical (unpaired) electrons. The molecule has 0 aliphatic carbocycles. The van der Waals surface area contributed by atoms with Crippen molar-refractivity contribution in [3.63, 3.8) is 0 Å². The third-order valence-electron chi connectivity index (χ3n) is 5.18. The normalized spacial score (nSPS) is 16.9. The van der Waals surface area contributed by atoms with Crippen molar-refractivity contribution >= 4 is 40.1 Å². The van der Waals surface area contributed by atoms with Gasteiger partial charge in [-0.2, -0.15) is 0 Å². The Kier molecular flexibility index (Phi) is 5.10. The zero-order valence-electron chi connectivity index (χ0n) is 15.8. The summed E-state index contributed by atoms with van der Waals surface area (Å²) in [5, 5.41) is 11.5. The molecule has 10 heteroatoms. The molecular weight excluding hydrogens is 394 g/mol. The molecule has 4 amide bonds. The van der Waals surface area contributed by atoms with E-state index in [1.807, 2.05) is 0 Å². The monoisotopic (exact) mass is 413 g/mol. The topological polar surface area (TPSA) is 113 Å². The van der Waals surface area contributed by atoms with Gasteiger partial charge in [0.2, 0.25) is 16.9 Å². The van der Waals surface area contributed by atoms with Gasteiger partial charge in [-0.1, -0.05) is 23.5 Å². The van der Waals surface area contributed by atoms with Gasteiger partial charge in [0.25, 0.3) is 11.8 Å². The van der Waals surface area contributed by atoms with Gasteiger partial charge in [0, 0.05) is 25.9 Å². The van der Waals surface area contributed by atoms with Crippen molar-refractivity contribution < 1.29 is 19.2 Å². The summed E-state index contributed by atoms with van der Waals surface area (Å²) in [6.07, 6.45) is 1.21. The zero-order valence-corrected chi connectivity index (χ0v) is 16.6. The van der Waals surface area contributed by atoms with E-state index < -0.39 is 0 Å². The minimum absolute atomic E-state index is 0.0108. The summed E-state index contributed by atoms with van der Waals surface area (Å²) >= 11 is 1.14. The van der Waals surface area contributed by atoms with Gasteiger partial charge in [-0.3, -0.25) is 24.1 Å². The van der Waals surface area contributed by atoms with Crippen LogP contribution in [-0.4, -0.2) is 56.7 Å². The Hall–Kier alpha value is -3.14. The second-order valence-corrected chi connectivity index (χ2v) is 8.07. The average molecular weight is 413 g/mol. The number of hydrogen-bond acceptors (Lipinski definition) is 7. The van der Waals surface area contributed by atoms with Crippen LogP contribution in [0.4, 0.5) is 5.13 Å². The van der Waals surface area contributed by atoms with E-state index in [9.17, 15) is 19.2 Å². The molecule has 0 unspecified atom stereocenters. The molecule has 0 saturated carbocycles. The lowest BCUT2D eigenvalue weighted by molar-refractivity contribution is -0.132. The van der Waals surface area contributed by atoms with Gasteiger partial charge in [0.05, 0.1) is 17.7 Å². The van der Waals surface area contributed by atoms with Crippen LogP contribution >= 0.6 is 11.3 Å². The fraction of sp³-hybridized carbons (Fsp3) is 0.368. The minimum atomic E-state index is -0.358. The molecule has 3 heterocycles. The maximum Gasteiger partial charge on any atom is 0.261 e. The van der Waals surface area contributed by atoms with Crippen molar-refractivity contribution in [3.8, 4) is 0 Å². The predicted molar refractivity (Wildman–Crippen MR) is 104 cm³/mol. The number of benzene rings is 1. The Morgan fingerprint density at radius 2 is 1.72 bits per heavy atom. The van der Waals surface area contributed by atoms with Gasteiger partial charge in [-0.25, -0.2) is 0 Å². The number of piperidine rings is 1. The molecule has 0 atom stereocenters. The molecule has 0 spiro atoms. The standard InChI is InChI=1S/C19H19N5O4S/c1-11(25)23-8-6-12(7-9-23)16(26)20-19-22-21-15(29-19)10-24-17(27)13-4-2-3-5-14(13)18(24)28/h2-5,12H,6-10H2,1H3,(H,20,22,26). The van der Waals surface area contributed by atoms with Crippen LogP contribution in [0, 0.1) is 5.92 Å². The fourth-order valence-electron chi connectivity index (χ4n) is 3.55. The first-order chi connectivity index (χ1) is 13.9. The average Bonchev–Trinajstić information content (AvgIpc) is 3.26. The molecule has 150 valence electrons. The van der Waals surface area contributed by atoms with Gasteiger partial charge in [-0.15, -0.1) is 10.2 Å². The number of carbonyl (C=O) groups excluding carboxylic acids is 4. The van der Waals surface area contributed by atoms with Gasteiger partial charge in [-0.05, 0) is 25.0 Å². The van der Waals surface area contributed by atoms with Crippen LogP contribution in [0.3, 0.4) is 0 Å². The molecule has 29 heavy (non-hydrogen) atoms.